The Bertz CT molecular complexity index is 746. The molecule has 134 valence electrons. The van der Waals surface area contributed by atoms with Gasteiger partial charge in [0.2, 0.25) is 0 Å². The number of aromatic nitrogens is 2. The van der Waals surface area contributed by atoms with E-state index in [0.29, 0.717) is 0 Å². The molecule has 2 fully saturated rings. The summed E-state index contributed by atoms with van der Waals surface area (Å²) in [5.41, 5.74) is 2.54. The average molecular weight is 340 g/mol. The van der Waals surface area contributed by atoms with Crippen molar-refractivity contribution in [2.75, 3.05) is 0 Å². The number of nitrogens with one attached hydrogen (secondary N) is 1. The summed E-state index contributed by atoms with van der Waals surface area (Å²) >= 11 is 0. The van der Waals surface area contributed by atoms with Crippen LogP contribution in [-0.2, 0) is 15.7 Å². The van der Waals surface area contributed by atoms with Crippen LogP contribution in [0.4, 0.5) is 0 Å². The van der Waals surface area contributed by atoms with E-state index in [1.165, 1.54) is 32.1 Å². The van der Waals surface area contributed by atoms with Crippen molar-refractivity contribution in [3.8, 4) is 0 Å². The number of hydrogen-bond donors (Lipinski definition) is 1. The fraction of sp³-hybridized carbons (Fsp3) is 0.650. The van der Waals surface area contributed by atoms with E-state index in [2.05, 4.69) is 50.9 Å². The Morgan fingerprint density at radius 1 is 1.08 bits per heavy atom. The molecule has 25 heavy (non-hydrogen) atoms. The monoisotopic (exact) mass is 340 g/mol. The highest BCUT2D eigenvalue weighted by atomic mass is 16.7. The van der Waals surface area contributed by atoms with Gasteiger partial charge in [-0.05, 0) is 51.2 Å². The van der Waals surface area contributed by atoms with Gasteiger partial charge in [-0.2, -0.15) is 0 Å². The Labute approximate surface area is 150 Å². The van der Waals surface area contributed by atoms with Crippen LogP contribution in [0.15, 0.2) is 18.2 Å². The molecule has 2 aromatic rings. The van der Waals surface area contributed by atoms with Gasteiger partial charge in [-0.3, -0.25) is 0 Å². The van der Waals surface area contributed by atoms with Crippen LogP contribution in [0.5, 0.6) is 0 Å². The molecule has 0 spiro atoms. The molecular formula is C20H29BN2O2. The number of aromatic amines is 1. The minimum atomic E-state index is -0.320. The van der Waals surface area contributed by atoms with Gasteiger partial charge in [0.15, 0.2) is 0 Å². The lowest BCUT2D eigenvalue weighted by Gasteiger charge is -2.32. The first-order chi connectivity index (χ1) is 11.8. The number of H-pyrrole nitrogens is 1. The number of imidazole rings is 1. The van der Waals surface area contributed by atoms with Crippen molar-refractivity contribution >= 4 is 23.6 Å². The third-order valence-corrected chi connectivity index (χ3v) is 6.29. The van der Waals surface area contributed by atoms with Crippen LogP contribution >= 0.6 is 0 Å². The maximum atomic E-state index is 6.17. The second-order valence-corrected chi connectivity index (χ2v) is 8.76. The first-order valence-corrected chi connectivity index (χ1v) is 9.68. The van der Waals surface area contributed by atoms with E-state index >= 15 is 0 Å². The van der Waals surface area contributed by atoms with E-state index in [4.69, 9.17) is 14.3 Å². The van der Waals surface area contributed by atoms with Crippen molar-refractivity contribution < 1.29 is 9.31 Å². The fourth-order valence-corrected chi connectivity index (χ4v) is 3.97. The molecule has 2 aliphatic rings. The van der Waals surface area contributed by atoms with E-state index < -0.39 is 0 Å². The molecule has 1 aliphatic heterocycles. The van der Waals surface area contributed by atoms with Crippen molar-refractivity contribution in [1.82, 2.24) is 9.97 Å². The summed E-state index contributed by atoms with van der Waals surface area (Å²) in [5, 5.41) is 0. The summed E-state index contributed by atoms with van der Waals surface area (Å²) in [6.07, 6.45) is 7.90. The summed E-state index contributed by atoms with van der Waals surface area (Å²) in [7, 11) is -0.320. The molecule has 1 aromatic heterocycles. The summed E-state index contributed by atoms with van der Waals surface area (Å²) < 4.78 is 12.3. The molecule has 0 unspecified atom stereocenters. The van der Waals surface area contributed by atoms with Gasteiger partial charge >= 0.3 is 7.12 Å². The molecule has 1 saturated heterocycles. The first kappa shape index (κ1) is 17.1. The predicted molar refractivity (Wildman–Crippen MR) is 102 cm³/mol. The molecule has 0 amide bonds. The molecule has 4 nitrogen and oxygen atoms in total. The number of benzene rings is 1. The second kappa shape index (κ2) is 6.13. The van der Waals surface area contributed by atoms with Crippen LogP contribution in [0.1, 0.15) is 65.6 Å². The van der Waals surface area contributed by atoms with Crippen molar-refractivity contribution in [2.24, 2.45) is 5.92 Å². The van der Waals surface area contributed by atoms with Gasteiger partial charge in [0.1, 0.15) is 5.82 Å². The number of rotatable bonds is 3. The minimum absolute atomic E-state index is 0.313. The van der Waals surface area contributed by atoms with Crippen LogP contribution in [0.25, 0.3) is 11.0 Å². The van der Waals surface area contributed by atoms with E-state index in [9.17, 15) is 0 Å². The minimum Gasteiger partial charge on any atom is -0.399 e. The van der Waals surface area contributed by atoms with Crippen molar-refractivity contribution in [3.05, 3.63) is 24.0 Å². The lowest BCUT2D eigenvalue weighted by Crippen LogP contribution is -2.41. The van der Waals surface area contributed by atoms with Crippen molar-refractivity contribution in [1.29, 1.82) is 0 Å². The Morgan fingerprint density at radius 3 is 2.44 bits per heavy atom. The van der Waals surface area contributed by atoms with Crippen LogP contribution in [0, 0.1) is 5.92 Å². The number of hydrogen-bond acceptors (Lipinski definition) is 3. The van der Waals surface area contributed by atoms with E-state index in [0.717, 1.165) is 34.7 Å². The Balaban J connectivity index is 1.54. The van der Waals surface area contributed by atoms with Crippen LogP contribution in [0.3, 0.4) is 0 Å². The molecule has 0 radical (unpaired) electrons. The van der Waals surface area contributed by atoms with Crippen LogP contribution in [0.2, 0.25) is 0 Å². The first-order valence-electron chi connectivity index (χ1n) is 9.68. The second-order valence-electron chi connectivity index (χ2n) is 8.76. The van der Waals surface area contributed by atoms with Gasteiger partial charge in [-0.15, -0.1) is 0 Å². The molecular weight excluding hydrogens is 311 g/mol. The highest BCUT2D eigenvalue weighted by Gasteiger charge is 2.51. The number of fused-ring (bicyclic) bond motifs is 1. The SMILES string of the molecule is CC1(C)OB(c2ccc3nc(CC4CCCCC4)[nH]c3c2)OC1(C)C. The lowest BCUT2D eigenvalue weighted by molar-refractivity contribution is 0.00578. The van der Waals surface area contributed by atoms with Crippen molar-refractivity contribution in [2.45, 2.75) is 77.4 Å². The van der Waals surface area contributed by atoms with E-state index in [1.54, 1.807) is 0 Å². The average Bonchev–Trinajstić information content (AvgIpc) is 3.04. The molecule has 0 atom stereocenters. The van der Waals surface area contributed by atoms with Gasteiger partial charge in [0, 0.05) is 6.42 Å². The van der Waals surface area contributed by atoms with Gasteiger partial charge in [0.25, 0.3) is 0 Å². The van der Waals surface area contributed by atoms with E-state index in [-0.39, 0.29) is 18.3 Å². The fourth-order valence-electron chi connectivity index (χ4n) is 3.97. The molecule has 1 N–H and O–H groups in total. The third kappa shape index (κ3) is 3.24. The third-order valence-electron chi connectivity index (χ3n) is 6.29. The standard InChI is InChI=1S/C20H29BN2O2/c1-19(2)20(3,4)25-21(24-19)15-10-11-16-17(13-15)23-18(22-16)12-14-8-6-5-7-9-14/h10-11,13-14H,5-9,12H2,1-4H3,(H,22,23). The Morgan fingerprint density at radius 2 is 1.76 bits per heavy atom. The Hall–Kier alpha value is -1.33. The normalized spacial score (nSPS) is 23.4. The zero-order valence-electron chi connectivity index (χ0n) is 15.9. The largest absolute Gasteiger partial charge is 0.494 e. The molecule has 0 bridgehead atoms. The predicted octanol–water partition coefficient (Wildman–Crippen LogP) is 3.98. The molecule has 2 heterocycles. The maximum absolute atomic E-state index is 6.17. The zero-order chi connectivity index (χ0) is 17.7. The zero-order valence-corrected chi connectivity index (χ0v) is 15.9. The molecule has 4 rings (SSSR count). The van der Waals surface area contributed by atoms with E-state index in [1.807, 2.05) is 0 Å². The van der Waals surface area contributed by atoms with Crippen LogP contribution in [-0.4, -0.2) is 28.3 Å². The summed E-state index contributed by atoms with van der Waals surface area (Å²) in [4.78, 5) is 8.32. The highest BCUT2D eigenvalue weighted by molar-refractivity contribution is 6.62. The smallest absolute Gasteiger partial charge is 0.399 e. The molecule has 1 aromatic carbocycles. The lowest BCUT2D eigenvalue weighted by atomic mass is 9.79. The highest BCUT2D eigenvalue weighted by Crippen LogP contribution is 2.36. The summed E-state index contributed by atoms with van der Waals surface area (Å²) in [5.74, 6) is 1.91. The van der Waals surface area contributed by atoms with Gasteiger partial charge in [-0.1, -0.05) is 38.2 Å². The number of nitrogens with zero attached hydrogens (tertiary/aromatic N) is 1. The topological polar surface area (TPSA) is 47.1 Å². The van der Waals surface area contributed by atoms with Crippen LogP contribution < -0.4 is 5.46 Å². The maximum Gasteiger partial charge on any atom is 0.494 e. The van der Waals surface area contributed by atoms with Gasteiger partial charge in [-0.25, -0.2) is 4.98 Å². The summed E-state index contributed by atoms with van der Waals surface area (Å²) in [6, 6.07) is 6.29. The molecule has 5 heteroatoms. The molecule has 1 saturated carbocycles. The summed E-state index contributed by atoms with van der Waals surface area (Å²) in [6.45, 7) is 8.35. The Kier molecular flexibility index (Phi) is 4.20. The van der Waals surface area contributed by atoms with Crippen molar-refractivity contribution in [3.63, 3.8) is 0 Å². The molecule has 1 aliphatic carbocycles. The quantitative estimate of drug-likeness (QED) is 0.860. The van der Waals surface area contributed by atoms with Gasteiger partial charge in [0.05, 0.1) is 22.2 Å². The van der Waals surface area contributed by atoms with Gasteiger partial charge < -0.3 is 14.3 Å².